The number of nitrogens with one attached hydrogen (secondary N) is 1. The van der Waals surface area contributed by atoms with Crippen molar-refractivity contribution in [3.8, 4) is 0 Å². The SMILES string of the molecule is CC(C)NC(=O)/C(=C\c1ccccc1)c1ccccc1. The number of carbonyl (C=O) groups excluding carboxylic acids is 1. The second-order valence-corrected chi connectivity index (χ2v) is 4.96. The molecule has 0 saturated heterocycles. The van der Waals surface area contributed by atoms with Gasteiger partial charge in [0, 0.05) is 11.6 Å². The standard InChI is InChI=1S/C18H19NO/c1-14(2)19-18(20)17(16-11-7-4-8-12-16)13-15-9-5-3-6-10-15/h3-14H,1-2H3,(H,19,20)/b17-13-. The Morgan fingerprint density at radius 1 is 0.950 bits per heavy atom. The van der Waals surface area contributed by atoms with Crippen LogP contribution in [0, 0.1) is 0 Å². The van der Waals surface area contributed by atoms with E-state index in [0.717, 1.165) is 11.1 Å². The van der Waals surface area contributed by atoms with Crippen LogP contribution >= 0.6 is 0 Å². The summed E-state index contributed by atoms with van der Waals surface area (Å²) in [5, 5.41) is 2.95. The lowest BCUT2D eigenvalue weighted by Crippen LogP contribution is -2.30. The number of hydrogen-bond acceptors (Lipinski definition) is 1. The number of carbonyl (C=O) groups is 1. The minimum atomic E-state index is -0.0462. The van der Waals surface area contributed by atoms with Gasteiger partial charge in [-0.2, -0.15) is 0 Å². The lowest BCUT2D eigenvalue weighted by Gasteiger charge is -2.12. The highest BCUT2D eigenvalue weighted by Gasteiger charge is 2.12. The van der Waals surface area contributed by atoms with Crippen LogP contribution in [0.2, 0.25) is 0 Å². The van der Waals surface area contributed by atoms with Crippen LogP contribution in [-0.2, 0) is 4.79 Å². The minimum Gasteiger partial charge on any atom is -0.350 e. The third-order valence-electron chi connectivity index (χ3n) is 2.86. The predicted molar refractivity (Wildman–Crippen MR) is 84.0 cm³/mol. The normalized spacial score (nSPS) is 11.4. The van der Waals surface area contributed by atoms with Crippen molar-refractivity contribution >= 4 is 17.6 Å². The molecule has 20 heavy (non-hydrogen) atoms. The van der Waals surface area contributed by atoms with Gasteiger partial charge in [0.25, 0.3) is 5.91 Å². The molecule has 102 valence electrons. The van der Waals surface area contributed by atoms with E-state index in [4.69, 9.17) is 0 Å². The highest BCUT2D eigenvalue weighted by Crippen LogP contribution is 2.18. The largest absolute Gasteiger partial charge is 0.350 e. The molecule has 0 fully saturated rings. The Kier molecular flexibility index (Phi) is 4.72. The van der Waals surface area contributed by atoms with Gasteiger partial charge < -0.3 is 5.32 Å². The zero-order valence-corrected chi connectivity index (χ0v) is 11.8. The molecule has 0 aliphatic heterocycles. The lowest BCUT2D eigenvalue weighted by molar-refractivity contribution is -0.116. The number of hydrogen-bond donors (Lipinski definition) is 1. The monoisotopic (exact) mass is 265 g/mol. The van der Waals surface area contributed by atoms with Gasteiger partial charge in [-0.25, -0.2) is 0 Å². The molecule has 0 unspecified atom stereocenters. The Hall–Kier alpha value is -2.35. The molecule has 0 radical (unpaired) electrons. The van der Waals surface area contributed by atoms with Crippen molar-refractivity contribution in [3.05, 3.63) is 71.8 Å². The summed E-state index contributed by atoms with van der Waals surface area (Å²) in [7, 11) is 0. The van der Waals surface area contributed by atoms with E-state index in [1.165, 1.54) is 0 Å². The van der Waals surface area contributed by atoms with E-state index in [9.17, 15) is 4.79 Å². The Morgan fingerprint density at radius 2 is 1.50 bits per heavy atom. The second kappa shape index (κ2) is 6.71. The maximum absolute atomic E-state index is 12.4. The van der Waals surface area contributed by atoms with Crippen molar-refractivity contribution in [2.45, 2.75) is 19.9 Å². The highest BCUT2D eigenvalue weighted by atomic mass is 16.1. The highest BCUT2D eigenvalue weighted by molar-refractivity contribution is 6.24. The van der Waals surface area contributed by atoms with Gasteiger partial charge in [-0.1, -0.05) is 60.7 Å². The lowest BCUT2D eigenvalue weighted by atomic mass is 10.0. The van der Waals surface area contributed by atoms with Crippen LogP contribution in [0.15, 0.2) is 60.7 Å². The molecule has 2 heteroatoms. The van der Waals surface area contributed by atoms with Crippen LogP contribution in [0.25, 0.3) is 11.6 Å². The first-order valence-corrected chi connectivity index (χ1v) is 6.80. The van der Waals surface area contributed by atoms with Crippen LogP contribution in [0.5, 0.6) is 0 Å². The molecule has 0 bridgehead atoms. The fourth-order valence-corrected chi connectivity index (χ4v) is 1.95. The maximum Gasteiger partial charge on any atom is 0.252 e. The predicted octanol–water partition coefficient (Wildman–Crippen LogP) is 3.75. The molecule has 1 amide bonds. The molecule has 2 rings (SSSR count). The molecule has 0 aromatic heterocycles. The Balaban J connectivity index is 2.40. The second-order valence-electron chi connectivity index (χ2n) is 4.96. The molecule has 1 N–H and O–H groups in total. The zero-order chi connectivity index (χ0) is 14.4. The number of rotatable bonds is 4. The number of benzene rings is 2. The summed E-state index contributed by atoms with van der Waals surface area (Å²) in [6.07, 6.45) is 1.92. The summed E-state index contributed by atoms with van der Waals surface area (Å²) >= 11 is 0. The van der Waals surface area contributed by atoms with Gasteiger partial charge in [-0.05, 0) is 31.1 Å². The fourth-order valence-electron chi connectivity index (χ4n) is 1.95. The summed E-state index contributed by atoms with van der Waals surface area (Å²) in [4.78, 5) is 12.4. The van der Waals surface area contributed by atoms with Crippen LogP contribution in [0.4, 0.5) is 0 Å². The summed E-state index contributed by atoms with van der Waals surface area (Å²) < 4.78 is 0. The Bertz CT molecular complexity index is 585. The summed E-state index contributed by atoms with van der Waals surface area (Å²) in [5.74, 6) is -0.0462. The number of amides is 1. The summed E-state index contributed by atoms with van der Waals surface area (Å²) in [6, 6.07) is 19.7. The van der Waals surface area contributed by atoms with E-state index in [0.29, 0.717) is 5.57 Å². The average Bonchev–Trinajstić information content (AvgIpc) is 2.46. The van der Waals surface area contributed by atoms with Gasteiger partial charge in [0.1, 0.15) is 0 Å². The van der Waals surface area contributed by atoms with Gasteiger partial charge in [0.05, 0.1) is 0 Å². The molecule has 2 aromatic rings. The fraction of sp³-hybridized carbons (Fsp3) is 0.167. The molecule has 0 saturated carbocycles. The summed E-state index contributed by atoms with van der Waals surface area (Å²) in [5.41, 5.74) is 2.63. The van der Waals surface area contributed by atoms with Crippen molar-refractivity contribution in [1.82, 2.24) is 5.32 Å². The molecule has 0 aliphatic carbocycles. The molecular formula is C18H19NO. The molecule has 0 atom stereocenters. The van der Waals surface area contributed by atoms with Crippen LogP contribution in [-0.4, -0.2) is 11.9 Å². The van der Waals surface area contributed by atoms with Crippen LogP contribution < -0.4 is 5.32 Å². The van der Waals surface area contributed by atoms with E-state index < -0.39 is 0 Å². The van der Waals surface area contributed by atoms with E-state index >= 15 is 0 Å². The quantitative estimate of drug-likeness (QED) is 0.662. The van der Waals surface area contributed by atoms with Crippen molar-refractivity contribution < 1.29 is 4.79 Å². The first kappa shape index (κ1) is 14.1. The third kappa shape index (κ3) is 3.82. The maximum atomic E-state index is 12.4. The minimum absolute atomic E-state index is 0.0462. The molecule has 0 aliphatic rings. The molecular weight excluding hydrogens is 246 g/mol. The molecule has 0 heterocycles. The third-order valence-corrected chi connectivity index (χ3v) is 2.86. The first-order valence-electron chi connectivity index (χ1n) is 6.80. The van der Waals surface area contributed by atoms with Crippen LogP contribution in [0.3, 0.4) is 0 Å². The van der Waals surface area contributed by atoms with Gasteiger partial charge in [-0.3, -0.25) is 4.79 Å². The van der Waals surface area contributed by atoms with E-state index in [2.05, 4.69) is 5.32 Å². The van der Waals surface area contributed by atoms with Crippen molar-refractivity contribution in [2.75, 3.05) is 0 Å². The molecule has 0 spiro atoms. The average molecular weight is 265 g/mol. The van der Waals surface area contributed by atoms with Gasteiger partial charge in [-0.15, -0.1) is 0 Å². The van der Waals surface area contributed by atoms with Gasteiger partial charge >= 0.3 is 0 Å². The van der Waals surface area contributed by atoms with E-state index in [1.807, 2.05) is 80.6 Å². The van der Waals surface area contributed by atoms with Crippen molar-refractivity contribution in [1.29, 1.82) is 0 Å². The smallest absolute Gasteiger partial charge is 0.252 e. The topological polar surface area (TPSA) is 29.1 Å². The van der Waals surface area contributed by atoms with Crippen LogP contribution in [0.1, 0.15) is 25.0 Å². The molecule has 2 aromatic carbocycles. The summed E-state index contributed by atoms with van der Waals surface area (Å²) in [6.45, 7) is 3.92. The molecule has 2 nitrogen and oxygen atoms in total. The Morgan fingerprint density at radius 3 is 2.05 bits per heavy atom. The first-order chi connectivity index (χ1) is 9.66. The van der Waals surface area contributed by atoms with E-state index in [-0.39, 0.29) is 11.9 Å². The van der Waals surface area contributed by atoms with Gasteiger partial charge in [0.15, 0.2) is 0 Å². The zero-order valence-electron chi connectivity index (χ0n) is 11.8. The van der Waals surface area contributed by atoms with Gasteiger partial charge in [0.2, 0.25) is 0 Å². The van der Waals surface area contributed by atoms with E-state index in [1.54, 1.807) is 0 Å². The van der Waals surface area contributed by atoms with Crippen molar-refractivity contribution in [2.24, 2.45) is 0 Å². The van der Waals surface area contributed by atoms with Crippen molar-refractivity contribution in [3.63, 3.8) is 0 Å². The Labute approximate surface area is 120 Å².